The summed E-state index contributed by atoms with van der Waals surface area (Å²) in [4.78, 5) is 17.0. The van der Waals surface area contributed by atoms with Crippen molar-refractivity contribution in [1.29, 1.82) is 0 Å². The van der Waals surface area contributed by atoms with Crippen molar-refractivity contribution in [2.75, 3.05) is 7.11 Å². The van der Waals surface area contributed by atoms with E-state index in [4.69, 9.17) is 23.4 Å². The maximum atomic E-state index is 11.5. The van der Waals surface area contributed by atoms with Gasteiger partial charge in [0.1, 0.15) is 6.04 Å². The minimum Gasteiger partial charge on any atom is -0.468 e. The molecule has 0 aliphatic rings. The van der Waals surface area contributed by atoms with E-state index in [1.165, 1.54) is 7.11 Å². The van der Waals surface area contributed by atoms with Crippen molar-refractivity contribution in [3.63, 3.8) is 0 Å². The topological polar surface area (TPSA) is 54.1 Å². The molecule has 0 amide bonds. The van der Waals surface area contributed by atoms with Crippen LogP contribution in [0.4, 0.5) is 0 Å². The largest absolute Gasteiger partial charge is 0.468 e. The molecular weight excluding hydrogens is 275 g/mol. The lowest BCUT2D eigenvalue weighted by molar-refractivity contribution is -0.142. The number of halogens is 2. The van der Waals surface area contributed by atoms with Gasteiger partial charge >= 0.3 is 5.97 Å². The average molecular weight is 287 g/mol. The number of H-pyrrole nitrogens is 1. The Hall–Kier alpha value is -1.23. The van der Waals surface area contributed by atoms with Crippen molar-refractivity contribution in [3.05, 3.63) is 35.0 Å². The highest BCUT2D eigenvalue weighted by Crippen LogP contribution is 2.26. The summed E-state index contributed by atoms with van der Waals surface area (Å²) in [5.74, 6) is -0.402. The van der Waals surface area contributed by atoms with Crippen molar-refractivity contribution in [3.8, 4) is 0 Å². The minimum atomic E-state index is -0.588. The first-order chi connectivity index (χ1) is 8.67. The summed E-state index contributed by atoms with van der Waals surface area (Å²) >= 11 is 11.6. The molecule has 96 valence electrons. The van der Waals surface area contributed by atoms with E-state index in [0.29, 0.717) is 11.4 Å². The van der Waals surface area contributed by atoms with Gasteiger partial charge in [0, 0.05) is 18.0 Å². The Morgan fingerprint density at radius 3 is 3.00 bits per heavy atom. The Labute approximate surface area is 114 Å². The van der Waals surface area contributed by atoms with Gasteiger partial charge in [0.25, 0.3) is 0 Å². The summed E-state index contributed by atoms with van der Waals surface area (Å²) in [6.07, 6.45) is 2.25. The maximum absolute atomic E-state index is 11.5. The lowest BCUT2D eigenvalue weighted by atomic mass is 10.1. The second-order valence-corrected chi connectivity index (χ2v) is 4.49. The molecule has 4 nitrogen and oxygen atoms in total. The van der Waals surface area contributed by atoms with Crippen molar-refractivity contribution < 1.29 is 9.53 Å². The van der Waals surface area contributed by atoms with E-state index in [1.54, 1.807) is 0 Å². The SMILES string of the molecule is COC(=O)[C@H](Cc1c[nH]c2c(Cl)cccc12)NCl. The fourth-order valence-electron chi connectivity index (χ4n) is 1.87. The zero-order chi connectivity index (χ0) is 13.1. The standard InChI is InChI=1S/C12H12Cl2N2O2/c1-18-12(17)10(16-14)5-7-6-15-11-8(7)3-2-4-9(11)13/h2-4,6,10,15-16H,5H2,1H3/t10-/m0/s1. The molecule has 0 aliphatic carbocycles. The molecule has 0 saturated heterocycles. The summed E-state index contributed by atoms with van der Waals surface area (Å²) in [5, 5.41) is 1.62. The van der Waals surface area contributed by atoms with Gasteiger partial charge in [-0.2, -0.15) is 0 Å². The molecule has 6 heteroatoms. The number of ether oxygens (including phenoxy) is 1. The number of esters is 1. The van der Waals surface area contributed by atoms with E-state index in [0.717, 1.165) is 16.5 Å². The van der Waals surface area contributed by atoms with Crippen molar-refractivity contribution in [2.45, 2.75) is 12.5 Å². The molecule has 0 saturated carbocycles. The fraction of sp³-hybridized carbons (Fsp3) is 0.250. The molecule has 0 spiro atoms. The maximum Gasteiger partial charge on any atom is 0.324 e. The third-order valence-corrected chi connectivity index (χ3v) is 3.37. The lowest BCUT2D eigenvalue weighted by Crippen LogP contribution is -2.33. The van der Waals surface area contributed by atoms with Gasteiger partial charge in [-0.15, -0.1) is 0 Å². The molecule has 2 N–H and O–H groups in total. The third kappa shape index (κ3) is 2.46. The molecule has 0 unspecified atom stereocenters. The van der Waals surface area contributed by atoms with Crippen LogP contribution in [0.1, 0.15) is 5.56 Å². The van der Waals surface area contributed by atoms with Crippen molar-refractivity contribution >= 4 is 40.2 Å². The van der Waals surface area contributed by atoms with Gasteiger partial charge in [-0.3, -0.25) is 4.79 Å². The van der Waals surface area contributed by atoms with Crippen LogP contribution in [-0.2, 0) is 16.0 Å². The van der Waals surface area contributed by atoms with Crippen LogP contribution in [0.5, 0.6) is 0 Å². The summed E-state index contributed by atoms with van der Waals surface area (Å²) in [6.45, 7) is 0. The highest BCUT2D eigenvalue weighted by atomic mass is 35.5. The molecule has 1 aromatic heterocycles. The lowest BCUT2D eigenvalue weighted by Gasteiger charge is -2.11. The number of hydrogen-bond donors (Lipinski definition) is 2. The Morgan fingerprint density at radius 1 is 1.56 bits per heavy atom. The van der Waals surface area contributed by atoms with Crippen LogP contribution >= 0.6 is 23.4 Å². The Morgan fingerprint density at radius 2 is 2.33 bits per heavy atom. The predicted octanol–water partition coefficient (Wildman–Crippen LogP) is 2.65. The summed E-state index contributed by atoms with van der Waals surface area (Å²) < 4.78 is 4.67. The number of methoxy groups -OCH3 is 1. The van der Waals surface area contributed by atoms with E-state index in [1.807, 2.05) is 24.4 Å². The van der Waals surface area contributed by atoms with Crippen LogP contribution in [0.15, 0.2) is 24.4 Å². The molecule has 0 radical (unpaired) electrons. The second kappa shape index (κ2) is 5.61. The van der Waals surface area contributed by atoms with Crippen LogP contribution in [0.25, 0.3) is 10.9 Å². The number of hydrogen-bond acceptors (Lipinski definition) is 3. The first kappa shape index (κ1) is 13.2. The first-order valence-corrected chi connectivity index (χ1v) is 6.11. The molecule has 0 fully saturated rings. The number of nitrogens with one attached hydrogen (secondary N) is 2. The van der Waals surface area contributed by atoms with Crippen molar-refractivity contribution in [1.82, 2.24) is 9.82 Å². The molecule has 18 heavy (non-hydrogen) atoms. The second-order valence-electron chi connectivity index (χ2n) is 3.87. The van der Waals surface area contributed by atoms with Gasteiger partial charge in [-0.1, -0.05) is 23.7 Å². The number of para-hydroxylation sites is 1. The van der Waals surface area contributed by atoms with Crippen LogP contribution in [0.2, 0.25) is 5.02 Å². The smallest absolute Gasteiger partial charge is 0.324 e. The highest BCUT2D eigenvalue weighted by molar-refractivity contribution is 6.35. The number of aromatic amines is 1. The number of carbonyl (C=O) groups excluding carboxylic acids is 1. The first-order valence-electron chi connectivity index (χ1n) is 5.35. The van der Waals surface area contributed by atoms with Gasteiger partial charge in [0.15, 0.2) is 0 Å². The van der Waals surface area contributed by atoms with E-state index >= 15 is 0 Å². The van der Waals surface area contributed by atoms with Crippen LogP contribution in [-0.4, -0.2) is 24.1 Å². The zero-order valence-corrected chi connectivity index (χ0v) is 11.2. The Bertz CT molecular complexity index is 568. The molecule has 1 aromatic carbocycles. The van der Waals surface area contributed by atoms with Crippen LogP contribution in [0.3, 0.4) is 0 Å². The molecule has 0 bridgehead atoms. The number of benzene rings is 1. The highest BCUT2D eigenvalue weighted by Gasteiger charge is 2.20. The molecule has 1 atom stereocenters. The Kier molecular flexibility index (Phi) is 4.11. The third-order valence-electron chi connectivity index (χ3n) is 2.79. The number of rotatable bonds is 4. The van der Waals surface area contributed by atoms with Gasteiger partial charge in [-0.05, 0) is 23.4 Å². The number of aromatic nitrogens is 1. The fourth-order valence-corrected chi connectivity index (χ4v) is 2.27. The van der Waals surface area contributed by atoms with E-state index in [2.05, 4.69) is 14.6 Å². The van der Waals surface area contributed by atoms with Gasteiger partial charge < -0.3 is 9.72 Å². The summed E-state index contributed by atoms with van der Waals surface area (Å²) in [5.41, 5.74) is 1.81. The quantitative estimate of drug-likeness (QED) is 0.671. The zero-order valence-electron chi connectivity index (χ0n) is 9.67. The molecule has 2 aromatic rings. The number of fused-ring (bicyclic) bond motifs is 1. The van der Waals surface area contributed by atoms with Gasteiger partial charge in [0.05, 0.1) is 17.6 Å². The van der Waals surface area contributed by atoms with Crippen molar-refractivity contribution in [2.24, 2.45) is 0 Å². The van der Waals surface area contributed by atoms with Gasteiger partial charge in [0.2, 0.25) is 0 Å². The monoisotopic (exact) mass is 286 g/mol. The normalized spacial score (nSPS) is 12.6. The minimum absolute atomic E-state index is 0.402. The molecule has 0 aliphatic heterocycles. The summed E-state index contributed by atoms with van der Waals surface area (Å²) in [7, 11) is 1.33. The molecule has 1 heterocycles. The van der Waals surface area contributed by atoms with Gasteiger partial charge in [-0.25, -0.2) is 4.84 Å². The molecular formula is C12H12Cl2N2O2. The summed E-state index contributed by atoms with van der Waals surface area (Å²) in [6, 6.07) is 5.02. The number of carbonyl (C=O) groups is 1. The average Bonchev–Trinajstić information content (AvgIpc) is 2.79. The van der Waals surface area contributed by atoms with E-state index in [-0.39, 0.29) is 0 Å². The predicted molar refractivity (Wildman–Crippen MR) is 71.8 cm³/mol. The van der Waals surface area contributed by atoms with Crippen LogP contribution in [0, 0.1) is 0 Å². The Balaban J connectivity index is 2.32. The van der Waals surface area contributed by atoms with Crippen LogP contribution < -0.4 is 4.84 Å². The van der Waals surface area contributed by atoms with E-state index in [9.17, 15) is 4.79 Å². The molecule has 2 rings (SSSR count). The van der Waals surface area contributed by atoms with E-state index < -0.39 is 12.0 Å².